The van der Waals surface area contributed by atoms with Crippen LogP contribution in [0.15, 0.2) is 60.8 Å². The van der Waals surface area contributed by atoms with Gasteiger partial charge in [-0.2, -0.15) is 0 Å². The highest BCUT2D eigenvalue weighted by Crippen LogP contribution is 2.21. The maximum absolute atomic E-state index is 13.6. The quantitative estimate of drug-likeness (QED) is 0.637. The molecule has 0 saturated heterocycles. The van der Waals surface area contributed by atoms with Gasteiger partial charge in [0.1, 0.15) is 23.2 Å². The smallest absolute Gasteiger partial charge is 0.263 e. The van der Waals surface area contributed by atoms with Crippen LogP contribution in [0.5, 0.6) is 5.75 Å². The van der Waals surface area contributed by atoms with E-state index in [9.17, 15) is 13.6 Å². The van der Waals surface area contributed by atoms with Gasteiger partial charge in [0.25, 0.3) is 5.91 Å². The van der Waals surface area contributed by atoms with E-state index in [1.165, 1.54) is 12.3 Å². The van der Waals surface area contributed by atoms with Crippen molar-refractivity contribution in [3.8, 4) is 5.75 Å². The summed E-state index contributed by atoms with van der Waals surface area (Å²) in [5.41, 5.74) is 0.599. The second-order valence-corrected chi connectivity index (χ2v) is 5.91. The Morgan fingerprint density at radius 3 is 2.52 bits per heavy atom. The molecule has 0 spiro atoms. The van der Waals surface area contributed by atoms with E-state index in [0.717, 1.165) is 12.1 Å². The van der Waals surface area contributed by atoms with Crippen molar-refractivity contribution in [1.82, 2.24) is 4.98 Å². The van der Waals surface area contributed by atoms with Gasteiger partial charge in [-0.3, -0.25) is 4.79 Å². The highest BCUT2D eigenvalue weighted by atomic mass is 35.5. The average Bonchev–Trinajstić information content (AvgIpc) is 2.65. The summed E-state index contributed by atoms with van der Waals surface area (Å²) in [6.45, 7) is -0.190. The predicted octanol–water partition coefficient (Wildman–Crippen LogP) is 4.77. The Labute approximate surface area is 159 Å². The topological polar surface area (TPSA) is 63.2 Å². The van der Waals surface area contributed by atoms with Crippen LogP contribution in [-0.4, -0.2) is 17.5 Å². The van der Waals surface area contributed by atoms with Gasteiger partial charge in [0.15, 0.2) is 6.61 Å². The first-order valence-electron chi connectivity index (χ1n) is 7.86. The molecule has 2 N–H and O–H groups in total. The first-order chi connectivity index (χ1) is 13.0. The third kappa shape index (κ3) is 5.39. The molecule has 0 unspecified atom stereocenters. The van der Waals surface area contributed by atoms with Gasteiger partial charge in [-0.1, -0.05) is 11.6 Å². The van der Waals surface area contributed by atoms with Crippen LogP contribution in [0, 0.1) is 11.6 Å². The van der Waals surface area contributed by atoms with Crippen molar-refractivity contribution >= 4 is 34.7 Å². The lowest BCUT2D eigenvalue weighted by atomic mass is 10.3. The van der Waals surface area contributed by atoms with E-state index in [4.69, 9.17) is 16.3 Å². The van der Waals surface area contributed by atoms with Crippen LogP contribution < -0.4 is 15.4 Å². The summed E-state index contributed by atoms with van der Waals surface area (Å²) in [6.07, 6.45) is 1.42. The highest BCUT2D eigenvalue weighted by Gasteiger charge is 2.07. The van der Waals surface area contributed by atoms with Crippen molar-refractivity contribution in [2.45, 2.75) is 0 Å². The molecule has 27 heavy (non-hydrogen) atoms. The minimum Gasteiger partial charge on any atom is -0.484 e. The van der Waals surface area contributed by atoms with Crippen LogP contribution >= 0.6 is 11.6 Å². The third-order valence-electron chi connectivity index (χ3n) is 3.42. The molecule has 3 rings (SSSR count). The first kappa shape index (κ1) is 18.6. The van der Waals surface area contributed by atoms with Gasteiger partial charge in [-0.05, 0) is 48.5 Å². The van der Waals surface area contributed by atoms with Crippen molar-refractivity contribution in [1.29, 1.82) is 0 Å². The van der Waals surface area contributed by atoms with Crippen molar-refractivity contribution in [2.75, 3.05) is 17.2 Å². The molecule has 0 fully saturated rings. The molecule has 0 radical (unpaired) electrons. The number of nitrogens with one attached hydrogen (secondary N) is 2. The molecular formula is C19H14ClF2N3O2. The second-order valence-electron chi connectivity index (χ2n) is 5.47. The van der Waals surface area contributed by atoms with E-state index in [0.29, 0.717) is 22.3 Å². The molecule has 1 heterocycles. The van der Waals surface area contributed by atoms with Crippen LogP contribution in [0.1, 0.15) is 0 Å². The number of benzene rings is 2. The summed E-state index contributed by atoms with van der Waals surface area (Å²) in [7, 11) is 0. The van der Waals surface area contributed by atoms with Crippen molar-refractivity contribution in [2.24, 2.45) is 0 Å². The van der Waals surface area contributed by atoms with E-state index in [-0.39, 0.29) is 18.2 Å². The minimum atomic E-state index is -0.716. The lowest BCUT2D eigenvalue weighted by molar-refractivity contribution is -0.118. The molecule has 0 aliphatic carbocycles. The zero-order valence-corrected chi connectivity index (χ0v) is 14.6. The fraction of sp³-hybridized carbons (Fsp3) is 0.0526. The number of amides is 1. The van der Waals surface area contributed by atoms with Gasteiger partial charge in [0.2, 0.25) is 0 Å². The van der Waals surface area contributed by atoms with Gasteiger partial charge < -0.3 is 15.4 Å². The molecular weight excluding hydrogens is 376 g/mol. The fourth-order valence-corrected chi connectivity index (χ4v) is 2.27. The summed E-state index contributed by atoms with van der Waals surface area (Å²) in [5, 5.41) is 5.93. The van der Waals surface area contributed by atoms with E-state index < -0.39 is 11.6 Å². The molecule has 2 aromatic carbocycles. The molecule has 0 saturated carbocycles. The molecule has 0 aliphatic heterocycles. The maximum Gasteiger partial charge on any atom is 0.263 e. The third-order valence-corrected chi connectivity index (χ3v) is 3.68. The number of nitrogens with zero attached hydrogens (tertiary/aromatic N) is 1. The summed E-state index contributed by atoms with van der Waals surface area (Å²) >= 11 is 5.78. The largest absolute Gasteiger partial charge is 0.484 e. The lowest BCUT2D eigenvalue weighted by Gasteiger charge is -2.09. The van der Waals surface area contributed by atoms with E-state index >= 15 is 0 Å². The number of carbonyl (C=O) groups is 1. The number of hydrogen-bond acceptors (Lipinski definition) is 4. The molecule has 1 aromatic heterocycles. The summed E-state index contributed by atoms with van der Waals surface area (Å²) in [6, 6.07) is 13.0. The van der Waals surface area contributed by atoms with Gasteiger partial charge in [0, 0.05) is 11.1 Å². The van der Waals surface area contributed by atoms with Crippen LogP contribution in [0.3, 0.4) is 0 Å². The normalized spacial score (nSPS) is 10.3. The highest BCUT2D eigenvalue weighted by molar-refractivity contribution is 6.30. The summed E-state index contributed by atoms with van der Waals surface area (Å²) in [4.78, 5) is 16.0. The monoisotopic (exact) mass is 389 g/mol. The lowest BCUT2D eigenvalue weighted by Crippen LogP contribution is -2.20. The van der Waals surface area contributed by atoms with Crippen LogP contribution in [0.4, 0.5) is 26.0 Å². The van der Waals surface area contributed by atoms with Crippen LogP contribution in [0.2, 0.25) is 5.02 Å². The number of halogens is 3. The zero-order valence-electron chi connectivity index (χ0n) is 13.9. The number of pyridine rings is 1. The Balaban J connectivity index is 1.53. The molecule has 138 valence electrons. The molecule has 5 nitrogen and oxygen atoms in total. The zero-order chi connectivity index (χ0) is 19.2. The Bertz CT molecular complexity index is 935. The van der Waals surface area contributed by atoms with Crippen molar-refractivity contribution in [3.05, 3.63) is 77.5 Å². The van der Waals surface area contributed by atoms with Gasteiger partial charge in [-0.15, -0.1) is 0 Å². The number of ether oxygens (including phenoxy) is 1. The number of carbonyl (C=O) groups excluding carboxylic acids is 1. The molecule has 0 aliphatic rings. The molecule has 0 bridgehead atoms. The van der Waals surface area contributed by atoms with E-state index in [1.807, 2.05) is 0 Å². The Morgan fingerprint density at radius 2 is 1.85 bits per heavy atom. The molecule has 8 heteroatoms. The van der Waals surface area contributed by atoms with E-state index in [1.54, 1.807) is 36.4 Å². The second kappa shape index (κ2) is 8.46. The predicted molar refractivity (Wildman–Crippen MR) is 99.5 cm³/mol. The van der Waals surface area contributed by atoms with Gasteiger partial charge in [-0.25, -0.2) is 13.8 Å². The number of rotatable bonds is 6. The van der Waals surface area contributed by atoms with Crippen LogP contribution in [0.25, 0.3) is 0 Å². The van der Waals surface area contributed by atoms with Gasteiger partial charge >= 0.3 is 0 Å². The number of aromatic nitrogens is 1. The minimum absolute atomic E-state index is 0.117. The maximum atomic E-state index is 13.6. The Hall–Kier alpha value is -3.19. The average molecular weight is 390 g/mol. The Kier molecular flexibility index (Phi) is 5.83. The van der Waals surface area contributed by atoms with E-state index in [2.05, 4.69) is 15.6 Å². The fourth-order valence-electron chi connectivity index (χ4n) is 2.15. The summed E-state index contributed by atoms with van der Waals surface area (Å²) in [5.74, 6) is -0.933. The Morgan fingerprint density at radius 1 is 1.07 bits per heavy atom. The van der Waals surface area contributed by atoms with Crippen molar-refractivity contribution in [3.63, 3.8) is 0 Å². The molecule has 3 aromatic rings. The number of hydrogen-bond donors (Lipinski definition) is 2. The molecule has 0 atom stereocenters. The van der Waals surface area contributed by atoms with Crippen molar-refractivity contribution < 1.29 is 18.3 Å². The van der Waals surface area contributed by atoms with Gasteiger partial charge in [0.05, 0.1) is 17.6 Å². The molecule has 1 amide bonds. The van der Waals surface area contributed by atoms with Crippen LogP contribution in [-0.2, 0) is 4.79 Å². The SMILES string of the molecule is O=C(COc1ccc(Cl)cc1)Nc1ccc(Nc2ccc(F)cc2F)cn1. The summed E-state index contributed by atoms with van der Waals surface area (Å²) < 4.78 is 31.9. The first-order valence-corrected chi connectivity index (χ1v) is 8.24. The number of anilines is 3. The standard InChI is InChI=1S/C19H14ClF2N3O2/c20-12-1-5-15(6-2-12)27-11-19(26)25-18-8-4-14(10-23-18)24-17-7-3-13(21)9-16(17)22/h1-10,24H,11H2,(H,23,25,26).